The van der Waals surface area contributed by atoms with Crippen molar-refractivity contribution >= 4 is 11.8 Å². The minimum absolute atomic E-state index is 0.0808. The molecule has 154 valence electrons. The molecule has 0 aromatic carbocycles. The van der Waals surface area contributed by atoms with Gasteiger partial charge in [0.25, 0.3) is 0 Å². The second-order valence-electron chi connectivity index (χ2n) is 9.27. The average molecular weight is 388 g/mol. The summed E-state index contributed by atoms with van der Waals surface area (Å²) in [6.07, 6.45) is 10.8. The predicted octanol–water partition coefficient (Wildman–Crippen LogP) is 1.72. The molecule has 3 fully saturated rings. The molecular formula is C21H33N5O2. The number of nitrogens with one attached hydrogen (secondary N) is 2. The number of aryl methyl sites for hydroxylation is 1. The third kappa shape index (κ3) is 4.09. The number of likely N-dealkylation sites (tertiary alicyclic amines) is 1. The summed E-state index contributed by atoms with van der Waals surface area (Å²) in [6.45, 7) is 6.87. The monoisotopic (exact) mass is 387 g/mol. The first-order valence-electron chi connectivity index (χ1n) is 10.8. The Morgan fingerprint density at radius 1 is 1.14 bits per heavy atom. The molecule has 2 N–H and O–H groups in total. The molecule has 3 saturated heterocycles. The first-order chi connectivity index (χ1) is 13.5. The van der Waals surface area contributed by atoms with Crippen LogP contribution in [0.5, 0.6) is 0 Å². The van der Waals surface area contributed by atoms with Crippen molar-refractivity contribution in [1.82, 2.24) is 25.3 Å². The normalized spacial score (nSPS) is 29.3. The third-order valence-electron chi connectivity index (χ3n) is 7.03. The van der Waals surface area contributed by atoms with Crippen LogP contribution in [0.2, 0.25) is 0 Å². The lowest BCUT2D eigenvalue weighted by molar-refractivity contribution is -0.150. The van der Waals surface area contributed by atoms with Crippen molar-refractivity contribution in [3.05, 3.63) is 18.0 Å². The molecule has 1 aromatic heterocycles. The summed E-state index contributed by atoms with van der Waals surface area (Å²) in [5, 5.41) is 9.92. The number of amides is 2. The van der Waals surface area contributed by atoms with Crippen molar-refractivity contribution < 1.29 is 9.59 Å². The van der Waals surface area contributed by atoms with E-state index in [1.807, 2.05) is 6.20 Å². The highest BCUT2D eigenvalue weighted by atomic mass is 16.2. The van der Waals surface area contributed by atoms with Gasteiger partial charge >= 0.3 is 0 Å². The van der Waals surface area contributed by atoms with Gasteiger partial charge in [-0.15, -0.1) is 0 Å². The number of carbonyl (C=O) groups excluding carboxylic acids is 2. The van der Waals surface area contributed by atoms with Gasteiger partial charge < -0.3 is 15.1 Å². The van der Waals surface area contributed by atoms with Crippen LogP contribution in [-0.4, -0.2) is 70.1 Å². The minimum Gasteiger partial charge on any atom is -0.351 e. The van der Waals surface area contributed by atoms with Gasteiger partial charge in [0.15, 0.2) is 0 Å². The fourth-order valence-electron chi connectivity index (χ4n) is 5.28. The molecule has 2 amide bonds. The molecule has 0 aliphatic carbocycles. The minimum atomic E-state index is -0.215. The van der Waals surface area contributed by atoms with E-state index in [1.165, 1.54) is 0 Å². The van der Waals surface area contributed by atoms with Crippen molar-refractivity contribution in [3.8, 4) is 0 Å². The standard InChI is InChI=1S/C21H33N5O2/c1-20(24-18(27)5-4-17-14-22-23-15-17)8-12-26(13-9-20)19(28)21-6-2-10-25(16-21)11-3-7-21/h14-15H,2-13,16H2,1H3,(H,22,23)(H,24,27). The van der Waals surface area contributed by atoms with E-state index in [9.17, 15) is 9.59 Å². The van der Waals surface area contributed by atoms with Crippen LogP contribution in [0.25, 0.3) is 0 Å². The van der Waals surface area contributed by atoms with Gasteiger partial charge in [-0.25, -0.2) is 0 Å². The Bertz CT molecular complexity index is 684. The maximum Gasteiger partial charge on any atom is 0.230 e. The van der Waals surface area contributed by atoms with Crippen LogP contribution in [0.3, 0.4) is 0 Å². The number of aromatic amines is 1. The molecule has 0 radical (unpaired) electrons. The van der Waals surface area contributed by atoms with Crippen LogP contribution >= 0.6 is 0 Å². The van der Waals surface area contributed by atoms with Crippen molar-refractivity contribution in [2.75, 3.05) is 32.7 Å². The predicted molar refractivity (Wildman–Crippen MR) is 107 cm³/mol. The zero-order valence-corrected chi connectivity index (χ0v) is 17.0. The van der Waals surface area contributed by atoms with Gasteiger partial charge in [-0.1, -0.05) is 0 Å². The summed E-state index contributed by atoms with van der Waals surface area (Å²) in [6, 6.07) is 0. The molecular weight excluding hydrogens is 354 g/mol. The molecule has 0 atom stereocenters. The van der Waals surface area contributed by atoms with Crippen LogP contribution in [0.15, 0.2) is 12.4 Å². The summed E-state index contributed by atoms with van der Waals surface area (Å²) in [5.74, 6) is 0.447. The maximum absolute atomic E-state index is 13.4. The highest BCUT2D eigenvalue weighted by Crippen LogP contribution is 2.40. The smallest absolute Gasteiger partial charge is 0.230 e. The highest BCUT2D eigenvalue weighted by molar-refractivity contribution is 5.83. The molecule has 7 heteroatoms. The number of H-pyrrole nitrogens is 1. The molecule has 0 spiro atoms. The van der Waals surface area contributed by atoms with E-state index in [2.05, 4.69) is 32.2 Å². The zero-order valence-electron chi connectivity index (χ0n) is 17.0. The zero-order chi connectivity index (χ0) is 19.6. The van der Waals surface area contributed by atoms with Crippen LogP contribution in [0, 0.1) is 5.41 Å². The molecule has 4 rings (SSSR count). The molecule has 0 saturated carbocycles. The number of hydrogen-bond acceptors (Lipinski definition) is 4. The number of hydrogen-bond donors (Lipinski definition) is 2. The Morgan fingerprint density at radius 3 is 2.50 bits per heavy atom. The number of nitrogens with zero attached hydrogens (tertiary/aromatic N) is 3. The van der Waals surface area contributed by atoms with Crippen molar-refractivity contribution in [2.45, 2.75) is 63.8 Å². The van der Waals surface area contributed by atoms with E-state index in [1.54, 1.807) is 6.20 Å². The summed E-state index contributed by atoms with van der Waals surface area (Å²) < 4.78 is 0. The Kier molecular flexibility index (Phi) is 5.45. The molecule has 3 aliphatic heterocycles. The molecule has 4 heterocycles. The number of carbonyl (C=O) groups is 2. The van der Waals surface area contributed by atoms with E-state index in [4.69, 9.17) is 0 Å². The number of piperidine rings is 3. The van der Waals surface area contributed by atoms with Gasteiger partial charge in [0.1, 0.15) is 0 Å². The Hall–Kier alpha value is -1.89. The molecule has 28 heavy (non-hydrogen) atoms. The van der Waals surface area contributed by atoms with Gasteiger partial charge in [0, 0.05) is 37.8 Å². The van der Waals surface area contributed by atoms with E-state index in [-0.39, 0.29) is 16.9 Å². The van der Waals surface area contributed by atoms with Crippen LogP contribution in [0.1, 0.15) is 57.4 Å². The fraction of sp³-hybridized carbons (Fsp3) is 0.762. The SMILES string of the molecule is CC1(NC(=O)CCc2cn[nH]c2)CCN(C(=O)C23CCCN(CCC2)C3)CC1. The Labute approximate surface area is 167 Å². The van der Waals surface area contributed by atoms with E-state index >= 15 is 0 Å². The summed E-state index contributed by atoms with van der Waals surface area (Å²) in [5.41, 5.74) is 0.694. The highest BCUT2D eigenvalue weighted by Gasteiger charge is 2.47. The number of rotatable bonds is 5. The van der Waals surface area contributed by atoms with Crippen LogP contribution in [0.4, 0.5) is 0 Å². The molecule has 1 aromatic rings. The summed E-state index contributed by atoms with van der Waals surface area (Å²) in [7, 11) is 0. The van der Waals surface area contributed by atoms with E-state index in [0.717, 1.165) is 76.8 Å². The van der Waals surface area contributed by atoms with Gasteiger partial charge in [-0.05, 0) is 70.5 Å². The average Bonchev–Trinajstić information content (AvgIpc) is 3.20. The van der Waals surface area contributed by atoms with Gasteiger partial charge in [-0.2, -0.15) is 5.10 Å². The maximum atomic E-state index is 13.4. The second kappa shape index (κ2) is 7.85. The Balaban J connectivity index is 1.28. The van der Waals surface area contributed by atoms with Gasteiger partial charge in [0.05, 0.1) is 11.6 Å². The quantitative estimate of drug-likeness (QED) is 0.806. The topological polar surface area (TPSA) is 81.3 Å². The first-order valence-corrected chi connectivity index (χ1v) is 10.8. The van der Waals surface area contributed by atoms with Crippen molar-refractivity contribution in [1.29, 1.82) is 0 Å². The van der Waals surface area contributed by atoms with E-state index < -0.39 is 0 Å². The van der Waals surface area contributed by atoms with Crippen LogP contribution < -0.4 is 5.32 Å². The largest absolute Gasteiger partial charge is 0.351 e. The van der Waals surface area contributed by atoms with Crippen molar-refractivity contribution in [3.63, 3.8) is 0 Å². The fourth-order valence-corrected chi connectivity index (χ4v) is 5.28. The molecule has 2 bridgehead atoms. The number of fused-ring (bicyclic) bond motifs is 2. The summed E-state index contributed by atoms with van der Waals surface area (Å²) >= 11 is 0. The molecule has 0 unspecified atom stereocenters. The number of aromatic nitrogens is 2. The second-order valence-corrected chi connectivity index (χ2v) is 9.27. The Morgan fingerprint density at radius 2 is 1.86 bits per heavy atom. The third-order valence-corrected chi connectivity index (χ3v) is 7.03. The van der Waals surface area contributed by atoms with Crippen molar-refractivity contribution in [2.24, 2.45) is 5.41 Å². The van der Waals surface area contributed by atoms with Gasteiger partial charge in [0.2, 0.25) is 11.8 Å². The lowest BCUT2D eigenvalue weighted by atomic mass is 9.72. The lowest BCUT2D eigenvalue weighted by Crippen LogP contribution is -2.60. The van der Waals surface area contributed by atoms with E-state index in [0.29, 0.717) is 18.7 Å². The molecule has 7 nitrogen and oxygen atoms in total. The van der Waals surface area contributed by atoms with Crippen LogP contribution in [-0.2, 0) is 16.0 Å². The molecule has 3 aliphatic rings. The van der Waals surface area contributed by atoms with Gasteiger partial charge in [-0.3, -0.25) is 14.7 Å². The lowest BCUT2D eigenvalue weighted by Gasteiger charge is -2.49. The summed E-state index contributed by atoms with van der Waals surface area (Å²) in [4.78, 5) is 30.3. The first kappa shape index (κ1) is 19.4.